The van der Waals surface area contributed by atoms with Crippen molar-refractivity contribution in [1.29, 1.82) is 0 Å². The molecule has 0 radical (unpaired) electrons. The third-order valence-electron chi connectivity index (χ3n) is 4.16. The van der Waals surface area contributed by atoms with Crippen molar-refractivity contribution in [3.63, 3.8) is 0 Å². The normalized spacial score (nSPS) is 11.3. The highest BCUT2D eigenvalue weighted by molar-refractivity contribution is 6.06. The number of benzene rings is 1. The molecule has 0 fully saturated rings. The van der Waals surface area contributed by atoms with Crippen molar-refractivity contribution in [2.24, 2.45) is 0 Å². The quantitative estimate of drug-likeness (QED) is 0.559. The molecule has 0 aliphatic rings. The van der Waals surface area contributed by atoms with Crippen LogP contribution < -0.4 is 0 Å². The number of hydrogen-bond acceptors (Lipinski definition) is 3. The summed E-state index contributed by atoms with van der Waals surface area (Å²) in [6.45, 7) is 3.19. The Bertz CT molecular complexity index is 957. The number of rotatable bonds is 4. The van der Waals surface area contributed by atoms with Gasteiger partial charge in [0.1, 0.15) is 5.65 Å². The van der Waals surface area contributed by atoms with Crippen molar-refractivity contribution in [3.8, 4) is 11.4 Å². The van der Waals surface area contributed by atoms with Gasteiger partial charge in [-0.25, -0.2) is 9.97 Å². The molecule has 0 amide bonds. The lowest BCUT2D eigenvalue weighted by molar-refractivity contribution is 0.661. The number of fused-ring (bicyclic) bond motifs is 3. The molecule has 114 valence electrons. The van der Waals surface area contributed by atoms with Gasteiger partial charge in [0.15, 0.2) is 5.82 Å². The van der Waals surface area contributed by atoms with Crippen molar-refractivity contribution in [3.05, 3.63) is 55.0 Å². The highest BCUT2D eigenvalue weighted by Crippen LogP contribution is 2.29. The molecule has 4 heteroatoms. The third kappa shape index (κ3) is 2.36. The van der Waals surface area contributed by atoms with Crippen molar-refractivity contribution in [1.82, 2.24) is 19.5 Å². The van der Waals surface area contributed by atoms with E-state index in [-0.39, 0.29) is 0 Å². The summed E-state index contributed by atoms with van der Waals surface area (Å²) in [4.78, 5) is 13.6. The van der Waals surface area contributed by atoms with Crippen LogP contribution in [0.15, 0.2) is 55.0 Å². The highest BCUT2D eigenvalue weighted by atomic mass is 15.1. The summed E-state index contributed by atoms with van der Waals surface area (Å²) in [6, 6.07) is 12.4. The van der Waals surface area contributed by atoms with E-state index in [1.165, 1.54) is 10.9 Å². The zero-order chi connectivity index (χ0) is 15.6. The van der Waals surface area contributed by atoms with E-state index < -0.39 is 0 Å². The summed E-state index contributed by atoms with van der Waals surface area (Å²) in [5, 5.41) is 2.33. The predicted octanol–water partition coefficient (Wildman–Crippen LogP) is 4.45. The Morgan fingerprint density at radius 3 is 2.74 bits per heavy atom. The van der Waals surface area contributed by atoms with Crippen LogP contribution in [0.4, 0.5) is 0 Å². The lowest BCUT2D eigenvalue weighted by Crippen LogP contribution is -2.00. The second-order valence-electron chi connectivity index (χ2n) is 5.69. The van der Waals surface area contributed by atoms with E-state index in [0.29, 0.717) is 0 Å². The van der Waals surface area contributed by atoms with Crippen LogP contribution in [-0.2, 0) is 6.54 Å². The average Bonchev–Trinajstić information content (AvgIpc) is 2.94. The highest BCUT2D eigenvalue weighted by Gasteiger charge is 2.13. The van der Waals surface area contributed by atoms with Gasteiger partial charge in [-0.05, 0) is 24.6 Å². The Labute approximate surface area is 134 Å². The maximum atomic E-state index is 4.85. The molecule has 0 spiro atoms. The van der Waals surface area contributed by atoms with E-state index in [1.807, 2.05) is 18.3 Å². The number of hydrogen-bond donors (Lipinski definition) is 0. The van der Waals surface area contributed by atoms with Crippen molar-refractivity contribution < 1.29 is 0 Å². The van der Waals surface area contributed by atoms with E-state index in [2.05, 4.69) is 45.7 Å². The molecule has 23 heavy (non-hydrogen) atoms. The molecule has 3 heterocycles. The van der Waals surface area contributed by atoms with Gasteiger partial charge in [0.25, 0.3) is 0 Å². The molecule has 4 rings (SSSR count). The van der Waals surface area contributed by atoms with Gasteiger partial charge in [-0.3, -0.25) is 4.98 Å². The fourth-order valence-corrected chi connectivity index (χ4v) is 3.00. The average molecular weight is 302 g/mol. The van der Waals surface area contributed by atoms with Crippen LogP contribution in [0, 0.1) is 0 Å². The van der Waals surface area contributed by atoms with Crippen molar-refractivity contribution in [2.45, 2.75) is 26.3 Å². The zero-order valence-electron chi connectivity index (χ0n) is 13.1. The molecule has 0 atom stereocenters. The Morgan fingerprint density at radius 2 is 1.91 bits per heavy atom. The number of pyridine rings is 1. The smallest absolute Gasteiger partial charge is 0.163 e. The molecule has 4 nitrogen and oxygen atoms in total. The monoisotopic (exact) mass is 302 g/mol. The topological polar surface area (TPSA) is 43.6 Å². The van der Waals surface area contributed by atoms with Crippen LogP contribution in [0.3, 0.4) is 0 Å². The molecular weight excluding hydrogens is 284 g/mol. The molecule has 1 aromatic carbocycles. The summed E-state index contributed by atoms with van der Waals surface area (Å²) in [7, 11) is 0. The van der Waals surface area contributed by atoms with Gasteiger partial charge in [-0.2, -0.15) is 0 Å². The van der Waals surface area contributed by atoms with E-state index in [4.69, 9.17) is 4.98 Å². The molecule has 0 saturated carbocycles. The Hall–Kier alpha value is -2.75. The number of aryl methyl sites for hydroxylation is 1. The van der Waals surface area contributed by atoms with E-state index >= 15 is 0 Å². The van der Waals surface area contributed by atoms with Gasteiger partial charge in [-0.15, -0.1) is 0 Å². The Balaban J connectivity index is 1.97. The van der Waals surface area contributed by atoms with Gasteiger partial charge >= 0.3 is 0 Å². The van der Waals surface area contributed by atoms with Crippen LogP contribution in [0.5, 0.6) is 0 Å². The largest absolute Gasteiger partial charge is 0.325 e. The molecule has 0 aliphatic heterocycles. The minimum absolute atomic E-state index is 0.728. The number of unbranched alkanes of at least 4 members (excludes halogenated alkanes) is 1. The molecule has 0 aliphatic carbocycles. The fraction of sp³-hybridized carbons (Fsp3) is 0.211. The molecule has 0 N–H and O–H groups in total. The van der Waals surface area contributed by atoms with Crippen molar-refractivity contribution in [2.75, 3.05) is 0 Å². The number of para-hydroxylation sites is 1. The van der Waals surface area contributed by atoms with Crippen molar-refractivity contribution >= 4 is 21.9 Å². The van der Waals surface area contributed by atoms with Gasteiger partial charge in [0.05, 0.1) is 5.52 Å². The van der Waals surface area contributed by atoms with Crippen LogP contribution in [0.25, 0.3) is 33.3 Å². The molecule has 3 aromatic heterocycles. The Kier molecular flexibility index (Phi) is 3.50. The maximum Gasteiger partial charge on any atom is 0.163 e. The van der Waals surface area contributed by atoms with Gasteiger partial charge in [-0.1, -0.05) is 31.5 Å². The minimum atomic E-state index is 0.728. The summed E-state index contributed by atoms with van der Waals surface area (Å²) >= 11 is 0. The first-order chi connectivity index (χ1) is 11.4. The molecule has 0 unspecified atom stereocenters. The second kappa shape index (κ2) is 5.80. The maximum absolute atomic E-state index is 4.85. The first-order valence-electron chi connectivity index (χ1n) is 8.03. The molecule has 4 aromatic rings. The van der Waals surface area contributed by atoms with Gasteiger partial charge < -0.3 is 4.57 Å². The van der Waals surface area contributed by atoms with E-state index in [9.17, 15) is 0 Å². The minimum Gasteiger partial charge on any atom is -0.325 e. The van der Waals surface area contributed by atoms with Crippen LogP contribution >= 0.6 is 0 Å². The fourth-order valence-electron chi connectivity index (χ4n) is 3.00. The lowest BCUT2D eigenvalue weighted by Gasteiger charge is -2.06. The van der Waals surface area contributed by atoms with Gasteiger partial charge in [0, 0.05) is 41.5 Å². The first-order valence-corrected chi connectivity index (χ1v) is 8.03. The summed E-state index contributed by atoms with van der Waals surface area (Å²) in [5.41, 5.74) is 3.18. The molecule has 0 bridgehead atoms. The number of nitrogens with zero attached hydrogens (tertiary/aromatic N) is 4. The van der Waals surface area contributed by atoms with E-state index in [0.717, 1.165) is 41.8 Å². The summed E-state index contributed by atoms with van der Waals surface area (Å²) in [5.74, 6) is 0.728. The number of aromatic nitrogens is 4. The van der Waals surface area contributed by atoms with Gasteiger partial charge in [0.2, 0.25) is 0 Å². The van der Waals surface area contributed by atoms with Crippen LogP contribution in [-0.4, -0.2) is 19.5 Å². The van der Waals surface area contributed by atoms with Crippen LogP contribution in [0.1, 0.15) is 19.8 Å². The van der Waals surface area contributed by atoms with E-state index in [1.54, 1.807) is 12.4 Å². The SMILES string of the molecule is CCCCn1c2ccccc2c2cnc(-c3cccnc3)nc21. The Morgan fingerprint density at radius 1 is 1.00 bits per heavy atom. The second-order valence-corrected chi connectivity index (χ2v) is 5.69. The summed E-state index contributed by atoms with van der Waals surface area (Å²) < 4.78 is 2.32. The third-order valence-corrected chi connectivity index (χ3v) is 4.16. The summed E-state index contributed by atoms with van der Waals surface area (Å²) in [6.07, 6.45) is 7.81. The lowest BCUT2D eigenvalue weighted by atomic mass is 10.2. The van der Waals surface area contributed by atoms with Crippen LogP contribution in [0.2, 0.25) is 0 Å². The zero-order valence-corrected chi connectivity index (χ0v) is 13.1. The molecular formula is C19H18N4. The first kappa shape index (κ1) is 13.9. The standard InChI is InChI=1S/C19H18N4/c1-2-3-11-23-17-9-5-4-8-15(17)16-13-21-18(22-19(16)23)14-7-6-10-20-12-14/h4-10,12-13H,2-3,11H2,1H3. The molecule has 0 saturated heterocycles. The predicted molar refractivity (Wildman–Crippen MR) is 93.2 cm³/mol.